The predicted octanol–water partition coefficient (Wildman–Crippen LogP) is 1.85. The van der Waals surface area contributed by atoms with E-state index in [1.165, 1.54) is 0 Å². The summed E-state index contributed by atoms with van der Waals surface area (Å²) in [6.07, 6.45) is 1.45. The van der Waals surface area contributed by atoms with Crippen LogP contribution >= 0.6 is 12.4 Å². The lowest BCUT2D eigenvalue weighted by molar-refractivity contribution is -0.131. The van der Waals surface area contributed by atoms with Crippen molar-refractivity contribution in [3.05, 3.63) is 35.4 Å². The standard InChI is InChI=1S/C16H25N3O2.ClH/c1-4-16(5-2,11-17)15(21)19-10-12-6-8-13(9-7-12)14(20)18-3;/h6-9H,4-5,10-11,17H2,1-3H3,(H,18,20)(H,19,21);1H. The van der Waals surface area contributed by atoms with Crippen molar-refractivity contribution in [3.8, 4) is 0 Å². The Labute approximate surface area is 138 Å². The lowest BCUT2D eigenvalue weighted by Gasteiger charge is -2.28. The molecule has 1 aromatic rings. The van der Waals surface area contributed by atoms with Gasteiger partial charge in [0.2, 0.25) is 5.91 Å². The summed E-state index contributed by atoms with van der Waals surface area (Å²) >= 11 is 0. The van der Waals surface area contributed by atoms with Gasteiger partial charge in [0, 0.05) is 25.7 Å². The molecule has 0 aliphatic carbocycles. The maximum absolute atomic E-state index is 12.3. The molecule has 22 heavy (non-hydrogen) atoms. The summed E-state index contributed by atoms with van der Waals surface area (Å²) in [6, 6.07) is 7.17. The van der Waals surface area contributed by atoms with Gasteiger partial charge in [0.15, 0.2) is 0 Å². The highest BCUT2D eigenvalue weighted by Gasteiger charge is 2.32. The third-order valence-corrected chi connectivity index (χ3v) is 4.12. The van der Waals surface area contributed by atoms with Gasteiger partial charge in [-0.25, -0.2) is 0 Å². The van der Waals surface area contributed by atoms with Crippen molar-refractivity contribution in [2.24, 2.45) is 11.1 Å². The van der Waals surface area contributed by atoms with Crippen molar-refractivity contribution < 1.29 is 9.59 Å². The van der Waals surface area contributed by atoms with Crippen LogP contribution in [-0.4, -0.2) is 25.4 Å². The first-order valence-corrected chi connectivity index (χ1v) is 7.32. The van der Waals surface area contributed by atoms with Crippen LogP contribution in [0.5, 0.6) is 0 Å². The molecule has 0 unspecified atom stereocenters. The van der Waals surface area contributed by atoms with Crippen molar-refractivity contribution in [1.82, 2.24) is 10.6 Å². The van der Waals surface area contributed by atoms with E-state index >= 15 is 0 Å². The van der Waals surface area contributed by atoms with Crippen molar-refractivity contribution in [1.29, 1.82) is 0 Å². The number of nitrogens with two attached hydrogens (primary N) is 1. The Morgan fingerprint density at radius 2 is 1.68 bits per heavy atom. The number of hydrogen-bond donors (Lipinski definition) is 3. The molecule has 0 fully saturated rings. The maximum Gasteiger partial charge on any atom is 0.251 e. The van der Waals surface area contributed by atoms with Gasteiger partial charge in [-0.05, 0) is 30.5 Å². The number of benzene rings is 1. The molecule has 0 saturated heterocycles. The van der Waals surface area contributed by atoms with Crippen LogP contribution in [0.15, 0.2) is 24.3 Å². The van der Waals surface area contributed by atoms with Crippen molar-refractivity contribution in [2.45, 2.75) is 33.2 Å². The summed E-state index contributed by atoms with van der Waals surface area (Å²) in [5.74, 6) is -0.130. The molecule has 2 amide bonds. The van der Waals surface area contributed by atoms with Gasteiger partial charge < -0.3 is 16.4 Å². The lowest BCUT2D eigenvalue weighted by atomic mass is 9.81. The van der Waals surface area contributed by atoms with Crippen LogP contribution in [0.3, 0.4) is 0 Å². The van der Waals surface area contributed by atoms with Crippen LogP contribution in [0.2, 0.25) is 0 Å². The molecule has 5 nitrogen and oxygen atoms in total. The maximum atomic E-state index is 12.3. The van der Waals surface area contributed by atoms with Crippen LogP contribution in [-0.2, 0) is 11.3 Å². The fourth-order valence-electron chi connectivity index (χ4n) is 2.24. The second-order valence-electron chi connectivity index (χ2n) is 5.15. The number of amides is 2. The molecule has 1 rings (SSSR count). The Balaban J connectivity index is 0.00000441. The fourth-order valence-corrected chi connectivity index (χ4v) is 2.24. The molecule has 124 valence electrons. The summed E-state index contributed by atoms with van der Waals surface area (Å²) in [6.45, 7) is 4.75. The van der Waals surface area contributed by atoms with Gasteiger partial charge in [0.05, 0.1) is 5.41 Å². The molecular weight excluding hydrogens is 302 g/mol. The molecule has 0 heterocycles. The largest absolute Gasteiger partial charge is 0.355 e. The van der Waals surface area contributed by atoms with E-state index in [0.717, 1.165) is 18.4 Å². The molecule has 0 aliphatic rings. The number of nitrogens with one attached hydrogen (secondary N) is 2. The van der Waals surface area contributed by atoms with Gasteiger partial charge in [-0.15, -0.1) is 12.4 Å². The minimum absolute atomic E-state index is 0. The Hall–Kier alpha value is -1.59. The minimum atomic E-state index is -0.484. The summed E-state index contributed by atoms with van der Waals surface area (Å²) in [5, 5.41) is 5.51. The van der Waals surface area contributed by atoms with E-state index in [1.54, 1.807) is 19.2 Å². The summed E-state index contributed by atoms with van der Waals surface area (Å²) in [5.41, 5.74) is 6.83. The van der Waals surface area contributed by atoms with Gasteiger partial charge in [0.25, 0.3) is 5.91 Å². The average Bonchev–Trinajstić information content (AvgIpc) is 2.54. The summed E-state index contributed by atoms with van der Waals surface area (Å²) in [4.78, 5) is 23.7. The van der Waals surface area contributed by atoms with E-state index in [-0.39, 0.29) is 24.2 Å². The van der Waals surface area contributed by atoms with Gasteiger partial charge in [-0.2, -0.15) is 0 Å². The molecule has 0 radical (unpaired) electrons. The van der Waals surface area contributed by atoms with E-state index in [2.05, 4.69) is 10.6 Å². The number of carbonyl (C=O) groups is 2. The molecular formula is C16H26ClN3O2. The Kier molecular flexibility index (Phi) is 8.75. The number of hydrogen-bond acceptors (Lipinski definition) is 3. The number of carbonyl (C=O) groups excluding carboxylic acids is 2. The quantitative estimate of drug-likeness (QED) is 0.714. The molecule has 4 N–H and O–H groups in total. The summed E-state index contributed by atoms with van der Waals surface area (Å²) < 4.78 is 0. The molecule has 0 atom stereocenters. The van der Waals surface area contributed by atoms with E-state index in [9.17, 15) is 9.59 Å². The van der Waals surface area contributed by atoms with Crippen LogP contribution < -0.4 is 16.4 Å². The van der Waals surface area contributed by atoms with Crippen LogP contribution in [0.25, 0.3) is 0 Å². The topological polar surface area (TPSA) is 84.2 Å². The molecule has 0 aromatic heterocycles. The third kappa shape index (κ3) is 4.71. The van der Waals surface area contributed by atoms with Crippen LogP contribution in [0.1, 0.15) is 42.6 Å². The minimum Gasteiger partial charge on any atom is -0.355 e. The molecule has 0 saturated carbocycles. The van der Waals surface area contributed by atoms with Crippen molar-refractivity contribution in [2.75, 3.05) is 13.6 Å². The number of rotatable bonds is 7. The highest BCUT2D eigenvalue weighted by atomic mass is 35.5. The SMILES string of the molecule is CCC(CC)(CN)C(=O)NCc1ccc(C(=O)NC)cc1.Cl. The zero-order valence-electron chi connectivity index (χ0n) is 13.4. The van der Waals surface area contributed by atoms with E-state index in [4.69, 9.17) is 5.73 Å². The van der Waals surface area contributed by atoms with Crippen LogP contribution in [0, 0.1) is 5.41 Å². The lowest BCUT2D eigenvalue weighted by Crippen LogP contribution is -2.45. The first-order valence-electron chi connectivity index (χ1n) is 7.32. The number of halogens is 1. The molecule has 1 aromatic carbocycles. The predicted molar refractivity (Wildman–Crippen MR) is 91.0 cm³/mol. The van der Waals surface area contributed by atoms with Crippen LogP contribution in [0.4, 0.5) is 0 Å². The first kappa shape index (κ1) is 20.4. The normalized spacial score (nSPS) is 10.5. The van der Waals surface area contributed by atoms with Gasteiger partial charge in [0.1, 0.15) is 0 Å². The highest BCUT2D eigenvalue weighted by molar-refractivity contribution is 5.93. The van der Waals surface area contributed by atoms with Crippen molar-refractivity contribution in [3.63, 3.8) is 0 Å². The third-order valence-electron chi connectivity index (χ3n) is 4.12. The van der Waals surface area contributed by atoms with Crippen molar-refractivity contribution >= 4 is 24.2 Å². The van der Waals surface area contributed by atoms with Gasteiger partial charge in [-0.3, -0.25) is 9.59 Å². The van der Waals surface area contributed by atoms with Gasteiger partial charge >= 0.3 is 0 Å². The molecule has 6 heteroatoms. The Morgan fingerprint density at radius 3 is 2.09 bits per heavy atom. The first-order chi connectivity index (χ1) is 10.0. The Morgan fingerprint density at radius 1 is 1.14 bits per heavy atom. The summed E-state index contributed by atoms with van der Waals surface area (Å²) in [7, 11) is 1.60. The van der Waals surface area contributed by atoms with E-state index < -0.39 is 5.41 Å². The zero-order chi connectivity index (χ0) is 15.9. The molecule has 0 bridgehead atoms. The smallest absolute Gasteiger partial charge is 0.251 e. The fraction of sp³-hybridized carbons (Fsp3) is 0.500. The second kappa shape index (κ2) is 9.43. The average molecular weight is 328 g/mol. The van der Waals surface area contributed by atoms with E-state index in [0.29, 0.717) is 18.7 Å². The highest BCUT2D eigenvalue weighted by Crippen LogP contribution is 2.25. The molecule has 0 spiro atoms. The molecule has 0 aliphatic heterocycles. The second-order valence-corrected chi connectivity index (χ2v) is 5.15. The monoisotopic (exact) mass is 327 g/mol. The Bertz CT molecular complexity index is 476. The van der Waals surface area contributed by atoms with Gasteiger partial charge in [-0.1, -0.05) is 26.0 Å². The zero-order valence-corrected chi connectivity index (χ0v) is 14.3. The van der Waals surface area contributed by atoms with E-state index in [1.807, 2.05) is 26.0 Å².